The van der Waals surface area contributed by atoms with Crippen LogP contribution in [0.15, 0.2) is 23.1 Å². The number of ether oxygens (including phenoxy) is 2. The maximum absolute atomic E-state index is 11.9. The molecule has 0 saturated heterocycles. The molecule has 0 amide bonds. The van der Waals surface area contributed by atoms with E-state index in [9.17, 15) is 18.0 Å². The minimum Gasteiger partial charge on any atom is -0.465 e. The normalized spacial score (nSPS) is 10.4. The van der Waals surface area contributed by atoms with Crippen molar-refractivity contribution in [3.05, 3.63) is 29.3 Å². The van der Waals surface area contributed by atoms with Gasteiger partial charge in [0.05, 0.1) is 30.2 Å². The lowest BCUT2D eigenvalue weighted by Gasteiger charge is -2.07. The zero-order valence-electron chi connectivity index (χ0n) is 10.9. The number of methoxy groups -OCH3 is 2. The van der Waals surface area contributed by atoms with Gasteiger partial charge in [-0.05, 0) is 18.2 Å². The highest BCUT2D eigenvalue weighted by Crippen LogP contribution is 2.18. The predicted molar refractivity (Wildman–Crippen MR) is 70.0 cm³/mol. The molecule has 1 rings (SSSR count). The van der Waals surface area contributed by atoms with Crippen LogP contribution in [-0.4, -0.2) is 40.3 Å². The van der Waals surface area contributed by atoms with Crippen LogP contribution >= 0.6 is 0 Å². The Hall–Kier alpha value is -2.33. The van der Waals surface area contributed by atoms with Crippen molar-refractivity contribution < 1.29 is 27.5 Å². The van der Waals surface area contributed by atoms with E-state index in [1.165, 1.54) is 6.07 Å². The summed E-state index contributed by atoms with van der Waals surface area (Å²) in [6.07, 6.45) is 4.99. The summed E-state index contributed by atoms with van der Waals surface area (Å²) in [5, 5.41) is 0. The Morgan fingerprint density at radius 2 is 1.55 bits per heavy atom. The van der Waals surface area contributed by atoms with Gasteiger partial charge >= 0.3 is 11.9 Å². The van der Waals surface area contributed by atoms with Gasteiger partial charge in [-0.25, -0.2) is 18.0 Å². The van der Waals surface area contributed by atoms with E-state index in [1.807, 2.05) is 5.92 Å². The largest absolute Gasteiger partial charge is 0.465 e. The lowest BCUT2D eigenvalue weighted by Crippen LogP contribution is -2.11. The van der Waals surface area contributed by atoms with E-state index in [0.717, 1.165) is 26.4 Å². The monoisotopic (exact) mass is 296 g/mol. The number of hydrogen-bond acceptors (Lipinski definition) is 6. The Morgan fingerprint density at radius 1 is 1.10 bits per heavy atom. The molecule has 0 unspecified atom stereocenters. The number of sulfone groups is 1. The van der Waals surface area contributed by atoms with Gasteiger partial charge in [-0.1, -0.05) is 5.92 Å². The van der Waals surface area contributed by atoms with Crippen molar-refractivity contribution in [2.45, 2.75) is 4.90 Å². The molecule has 0 heterocycles. The van der Waals surface area contributed by atoms with Crippen LogP contribution in [0.25, 0.3) is 0 Å². The maximum atomic E-state index is 11.9. The average Bonchev–Trinajstić information content (AvgIpc) is 2.44. The van der Waals surface area contributed by atoms with Crippen LogP contribution in [0.1, 0.15) is 20.7 Å². The Kier molecular flexibility index (Phi) is 4.88. The Bertz CT molecular complexity index is 647. The van der Waals surface area contributed by atoms with Gasteiger partial charge in [0.15, 0.2) is 9.84 Å². The van der Waals surface area contributed by atoms with Crippen LogP contribution in [0, 0.1) is 12.3 Å². The summed E-state index contributed by atoms with van der Waals surface area (Å²) in [7, 11) is -1.51. The lowest BCUT2D eigenvalue weighted by molar-refractivity contribution is 0.0598. The minimum atomic E-state index is -3.79. The van der Waals surface area contributed by atoms with Crippen molar-refractivity contribution >= 4 is 21.8 Å². The summed E-state index contributed by atoms with van der Waals surface area (Å²) in [5.41, 5.74) is -0.156. The van der Waals surface area contributed by atoms with E-state index < -0.39 is 27.5 Å². The third kappa shape index (κ3) is 3.36. The molecule has 1 aromatic carbocycles. The van der Waals surface area contributed by atoms with E-state index in [2.05, 4.69) is 9.47 Å². The highest BCUT2D eigenvalue weighted by molar-refractivity contribution is 7.91. The molecule has 0 radical (unpaired) electrons. The number of hydrogen-bond donors (Lipinski definition) is 0. The highest BCUT2D eigenvalue weighted by atomic mass is 32.2. The van der Waals surface area contributed by atoms with Crippen molar-refractivity contribution in [2.24, 2.45) is 0 Å². The molecule has 0 fully saturated rings. The molecular formula is C13H12O6S. The number of terminal acetylenes is 1. The first kappa shape index (κ1) is 15.7. The molecule has 20 heavy (non-hydrogen) atoms. The fraction of sp³-hybridized carbons (Fsp3) is 0.231. The Balaban J connectivity index is 3.50. The summed E-state index contributed by atoms with van der Waals surface area (Å²) in [6, 6.07) is 3.39. The zero-order chi connectivity index (χ0) is 15.3. The molecule has 0 aliphatic heterocycles. The molecule has 6 nitrogen and oxygen atoms in total. The Labute approximate surface area is 116 Å². The molecule has 0 aromatic heterocycles. The fourth-order valence-electron chi connectivity index (χ4n) is 1.44. The van der Waals surface area contributed by atoms with Gasteiger partial charge in [-0.2, -0.15) is 0 Å². The van der Waals surface area contributed by atoms with Crippen molar-refractivity contribution in [1.82, 2.24) is 0 Å². The SMILES string of the molecule is C#CCS(=O)(=O)c1cc(C(=O)OC)cc(C(=O)OC)c1. The summed E-state index contributed by atoms with van der Waals surface area (Å²) in [4.78, 5) is 22.8. The molecule has 0 saturated carbocycles. The van der Waals surface area contributed by atoms with E-state index in [4.69, 9.17) is 6.42 Å². The van der Waals surface area contributed by atoms with Crippen molar-refractivity contribution in [2.75, 3.05) is 20.0 Å². The molecule has 0 N–H and O–H groups in total. The topological polar surface area (TPSA) is 86.7 Å². The number of carbonyl (C=O) groups is 2. The molecule has 0 aliphatic carbocycles. The first-order valence-corrected chi connectivity index (χ1v) is 6.99. The quantitative estimate of drug-likeness (QED) is 0.599. The van der Waals surface area contributed by atoms with Crippen molar-refractivity contribution in [3.8, 4) is 12.3 Å². The van der Waals surface area contributed by atoms with Crippen LogP contribution in [0.5, 0.6) is 0 Å². The third-order valence-electron chi connectivity index (χ3n) is 2.38. The van der Waals surface area contributed by atoms with E-state index in [1.54, 1.807) is 0 Å². The van der Waals surface area contributed by atoms with Gasteiger partial charge in [0.1, 0.15) is 5.75 Å². The van der Waals surface area contributed by atoms with E-state index in [0.29, 0.717) is 0 Å². The molecule has 0 bridgehead atoms. The van der Waals surface area contributed by atoms with Gasteiger partial charge in [0.25, 0.3) is 0 Å². The number of benzene rings is 1. The van der Waals surface area contributed by atoms with E-state index in [-0.39, 0.29) is 16.0 Å². The van der Waals surface area contributed by atoms with Crippen LogP contribution in [0.4, 0.5) is 0 Å². The van der Waals surface area contributed by atoms with Crippen LogP contribution in [0.2, 0.25) is 0 Å². The molecule has 0 aliphatic rings. The standard InChI is InChI=1S/C13H12O6S/c1-4-5-20(16,17)11-7-9(12(14)18-2)6-10(8-11)13(15)19-3/h1,6-8H,5H2,2-3H3. The molecule has 0 spiro atoms. The third-order valence-corrected chi connectivity index (χ3v) is 3.88. The average molecular weight is 296 g/mol. The predicted octanol–water partition coefficient (Wildman–Crippen LogP) is 0.667. The van der Waals surface area contributed by atoms with Gasteiger partial charge in [-0.3, -0.25) is 0 Å². The van der Waals surface area contributed by atoms with Crippen molar-refractivity contribution in [1.29, 1.82) is 0 Å². The zero-order valence-corrected chi connectivity index (χ0v) is 11.7. The second-order valence-corrected chi connectivity index (χ2v) is 5.68. The molecule has 106 valence electrons. The maximum Gasteiger partial charge on any atom is 0.337 e. The van der Waals surface area contributed by atoms with Crippen molar-refractivity contribution in [3.63, 3.8) is 0 Å². The summed E-state index contributed by atoms with van der Waals surface area (Å²) in [5.74, 6) is -0.0728. The van der Waals surface area contributed by atoms with Crippen LogP contribution < -0.4 is 0 Å². The lowest BCUT2D eigenvalue weighted by atomic mass is 10.1. The molecular weight excluding hydrogens is 284 g/mol. The second-order valence-electron chi connectivity index (χ2n) is 3.69. The first-order chi connectivity index (χ1) is 9.35. The smallest absolute Gasteiger partial charge is 0.337 e. The van der Waals surface area contributed by atoms with Crippen LogP contribution in [-0.2, 0) is 19.3 Å². The molecule has 7 heteroatoms. The summed E-state index contributed by atoms with van der Waals surface area (Å²) in [6.45, 7) is 0. The fourth-order valence-corrected chi connectivity index (χ4v) is 2.44. The van der Waals surface area contributed by atoms with Gasteiger partial charge in [-0.15, -0.1) is 6.42 Å². The molecule has 1 aromatic rings. The number of esters is 2. The van der Waals surface area contributed by atoms with E-state index >= 15 is 0 Å². The minimum absolute atomic E-state index is 0.0778. The molecule has 0 atom stereocenters. The number of rotatable bonds is 4. The van der Waals surface area contributed by atoms with Crippen LogP contribution in [0.3, 0.4) is 0 Å². The number of carbonyl (C=O) groups excluding carboxylic acids is 2. The summed E-state index contributed by atoms with van der Waals surface area (Å²) >= 11 is 0. The second kappa shape index (κ2) is 6.21. The van der Waals surface area contributed by atoms with Gasteiger partial charge in [0.2, 0.25) is 0 Å². The Morgan fingerprint density at radius 3 is 1.90 bits per heavy atom. The van der Waals surface area contributed by atoms with Gasteiger partial charge < -0.3 is 9.47 Å². The first-order valence-electron chi connectivity index (χ1n) is 5.33. The van der Waals surface area contributed by atoms with Gasteiger partial charge in [0, 0.05) is 0 Å². The summed E-state index contributed by atoms with van der Waals surface area (Å²) < 4.78 is 32.8. The highest BCUT2D eigenvalue weighted by Gasteiger charge is 2.20.